The Balaban J connectivity index is 1.47. The third-order valence-electron chi connectivity index (χ3n) is 4.68. The van der Waals surface area contributed by atoms with E-state index in [-0.39, 0.29) is 5.91 Å². The maximum Gasteiger partial charge on any atom is 0.290 e. The predicted molar refractivity (Wildman–Crippen MR) is 104 cm³/mol. The van der Waals surface area contributed by atoms with Gasteiger partial charge in [0.05, 0.1) is 6.26 Å². The second-order valence-electron chi connectivity index (χ2n) is 6.29. The first-order valence-electron chi connectivity index (χ1n) is 8.65. The van der Waals surface area contributed by atoms with Gasteiger partial charge in [-0.3, -0.25) is 4.79 Å². The molecule has 0 radical (unpaired) electrons. The van der Waals surface area contributed by atoms with Crippen molar-refractivity contribution in [3.63, 3.8) is 0 Å². The van der Waals surface area contributed by atoms with Gasteiger partial charge in [-0.2, -0.15) is 0 Å². The molecule has 2 aromatic carbocycles. The summed E-state index contributed by atoms with van der Waals surface area (Å²) in [5, 5.41) is 0.726. The molecule has 1 aromatic heterocycles. The van der Waals surface area contributed by atoms with Crippen LogP contribution in [0.25, 0.3) is 11.1 Å². The molecule has 1 amide bonds. The highest BCUT2D eigenvalue weighted by atomic mass is 35.5. The Labute approximate surface area is 157 Å². The van der Waals surface area contributed by atoms with Gasteiger partial charge < -0.3 is 14.2 Å². The topological polar surface area (TPSA) is 36.7 Å². The molecule has 5 heteroatoms. The van der Waals surface area contributed by atoms with Crippen LogP contribution in [0.5, 0.6) is 0 Å². The number of hydrogen-bond donors (Lipinski definition) is 0. The largest absolute Gasteiger partial charge is 0.459 e. The Kier molecular flexibility index (Phi) is 4.67. The zero-order valence-electron chi connectivity index (χ0n) is 14.3. The number of carbonyl (C=O) groups excluding carboxylic acids is 1. The fraction of sp³-hybridized carbons (Fsp3) is 0.190. The van der Waals surface area contributed by atoms with Crippen LogP contribution in [0.3, 0.4) is 0 Å². The molecule has 3 aromatic rings. The lowest BCUT2D eigenvalue weighted by molar-refractivity contribution is 0.0716. The first-order chi connectivity index (χ1) is 12.7. The van der Waals surface area contributed by atoms with Gasteiger partial charge in [0, 0.05) is 42.5 Å². The Morgan fingerprint density at radius 1 is 0.923 bits per heavy atom. The van der Waals surface area contributed by atoms with Crippen LogP contribution in [-0.4, -0.2) is 37.0 Å². The van der Waals surface area contributed by atoms with Gasteiger partial charge >= 0.3 is 0 Å². The van der Waals surface area contributed by atoms with Gasteiger partial charge in [-0.15, -0.1) is 0 Å². The Morgan fingerprint density at radius 3 is 2.42 bits per heavy atom. The molecule has 1 fully saturated rings. The van der Waals surface area contributed by atoms with Gasteiger partial charge in [-0.25, -0.2) is 0 Å². The van der Waals surface area contributed by atoms with Crippen LogP contribution in [0.2, 0.25) is 5.02 Å². The Morgan fingerprint density at radius 2 is 1.69 bits per heavy atom. The second kappa shape index (κ2) is 7.26. The zero-order chi connectivity index (χ0) is 17.9. The Bertz CT molecular complexity index is 899. The van der Waals surface area contributed by atoms with Gasteiger partial charge in [-0.05, 0) is 29.8 Å². The number of benzene rings is 2. The zero-order valence-corrected chi connectivity index (χ0v) is 15.0. The number of hydrogen-bond acceptors (Lipinski definition) is 3. The molecular weight excluding hydrogens is 348 g/mol. The van der Waals surface area contributed by atoms with Crippen LogP contribution >= 0.6 is 11.6 Å². The molecule has 1 aliphatic heterocycles. The molecule has 0 aliphatic carbocycles. The molecule has 0 atom stereocenters. The molecule has 4 nitrogen and oxygen atoms in total. The lowest BCUT2D eigenvalue weighted by Gasteiger charge is -2.36. The van der Waals surface area contributed by atoms with Crippen molar-refractivity contribution >= 4 is 23.2 Å². The molecule has 0 N–H and O–H groups in total. The highest BCUT2D eigenvalue weighted by Gasteiger charge is 2.26. The molecule has 0 spiro atoms. The van der Waals surface area contributed by atoms with Gasteiger partial charge in [-0.1, -0.05) is 48.0 Å². The average Bonchev–Trinajstić information content (AvgIpc) is 3.18. The predicted octanol–water partition coefficient (Wildman–Crippen LogP) is 4.56. The number of rotatable bonds is 3. The molecule has 1 aliphatic rings. The van der Waals surface area contributed by atoms with Crippen molar-refractivity contribution in [3.8, 4) is 11.1 Å². The van der Waals surface area contributed by atoms with Crippen molar-refractivity contribution in [1.29, 1.82) is 0 Å². The van der Waals surface area contributed by atoms with E-state index >= 15 is 0 Å². The van der Waals surface area contributed by atoms with Crippen molar-refractivity contribution in [1.82, 2.24) is 4.90 Å². The van der Waals surface area contributed by atoms with Crippen molar-refractivity contribution in [3.05, 3.63) is 77.7 Å². The third kappa shape index (κ3) is 3.33. The van der Waals surface area contributed by atoms with Crippen LogP contribution < -0.4 is 4.90 Å². The fourth-order valence-corrected chi connectivity index (χ4v) is 3.49. The number of piperazine rings is 1. The first-order valence-corrected chi connectivity index (χ1v) is 9.03. The van der Waals surface area contributed by atoms with Crippen molar-refractivity contribution in [2.75, 3.05) is 31.1 Å². The lowest BCUT2D eigenvalue weighted by Crippen LogP contribution is -2.48. The smallest absolute Gasteiger partial charge is 0.290 e. The summed E-state index contributed by atoms with van der Waals surface area (Å²) in [6.07, 6.45) is 1.58. The van der Waals surface area contributed by atoms with Gasteiger partial charge in [0.15, 0.2) is 5.76 Å². The molecule has 0 bridgehead atoms. The van der Waals surface area contributed by atoms with Crippen molar-refractivity contribution in [2.45, 2.75) is 0 Å². The quantitative estimate of drug-likeness (QED) is 0.681. The number of halogens is 1. The molecule has 2 heterocycles. The molecule has 132 valence electrons. The van der Waals surface area contributed by atoms with E-state index in [4.69, 9.17) is 16.0 Å². The van der Waals surface area contributed by atoms with E-state index in [1.165, 1.54) is 0 Å². The summed E-state index contributed by atoms with van der Waals surface area (Å²) in [7, 11) is 0. The number of carbonyl (C=O) groups is 1. The molecule has 0 unspecified atom stereocenters. The van der Waals surface area contributed by atoms with Crippen molar-refractivity contribution in [2.24, 2.45) is 0 Å². The number of nitrogens with zero attached hydrogens (tertiary/aromatic N) is 2. The number of amides is 1. The lowest BCUT2D eigenvalue weighted by atomic mass is 10.1. The van der Waals surface area contributed by atoms with E-state index < -0.39 is 0 Å². The maximum absolute atomic E-state index is 12.9. The van der Waals surface area contributed by atoms with Crippen LogP contribution in [0.15, 0.2) is 71.3 Å². The van der Waals surface area contributed by atoms with Crippen LogP contribution in [0.1, 0.15) is 10.6 Å². The average molecular weight is 367 g/mol. The summed E-state index contributed by atoms with van der Waals surface area (Å²) in [5.41, 5.74) is 2.92. The highest BCUT2D eigenvalue weighted by Crippen LogP contribution is 2.27. The second-order valence-corrected chi connectivity index (χ2v) is 6.72. The van der Waals surface area contributed by atoms with Crippen molar-refractivity contribution < 1.29 is 9.21 Å². The van der Waals surface area contributed by atoms with E-state index in [2.05, 4.69) is 4.90 Å². The number of anilines is 1. The summed E-state index contributed by atoms with van der Waals surface area (Å²) in [5.74, 6) is 0.354. The highest BCUT2D eigenvalue weighted by molar-refractivity contribution is 6.30. The normalized spacial score (nSPS) is 14.5. The van der Waals surface area contributed by atoms with E-state index in [1.54, 1.807) is 6.26 Å². The summed E-state index contributed by atoms with van der Waals surface area (Å²) < 4.78 is 5.54. The molecule has 4 rings (SSSR count). The number of furan rings is 1. The monoisotopic (exact) mass is 366 g/mol. The summed E-state index contributed by atoms with van der Waals surface area (Å²) in [4.78, 5) is 17.0. The van der Waals surface area contributed by atoms with Crippen LogP contribution in [0.4, 0.5) is 5.69 Å². The van der Waals surface area contributed by atoms with E-state index in [1.807, 2.05) is 65.6 Å². The van der Waals surface area contributed by atoms with E-state index in [0.29, 0.717) is 18.8 Å². The Hall–Kier alpha value is -2.72. The minimum absolute atomic E-state index is 0.0559. The molecule has 0 saturated carbocycles. The summed E-state index contributed by atoms with van der Waals surface area (Å²) in [6, 6.07) is 19.5. The van der Waals surface area contributed by atoms with Gasteiger partial charge in [0.1, 0.15) is 0 Å². The molecular formula is C21H19ClN2O2. The summed E-state index contributed by atoms with van der Waals surface area (Å²) >= 11 is 6.08. The summed E-state index contributed by atoms with van der Waals surface area (Å²) in [6.45, 7) is 2.85. The van der Waals surface area contributed by atoms with Gasteiger partial charge in [0.25, 0.3) is 5.91 Å². The minimum Gasteiger partial charge on any atom is -0.459 e. The van der Waals surface area contributed by atoms with E-state index in [0.717, 1.165) is 34.9 Å². The molecule has 1 saturated heterocycles. The first kappa shape index (κ1) is 16.7. The minimum atomic E-state index is -0.0559. The fourth-order valence-electron chi connectivity index (χ4n) is 3.30. The molecule has 26 heavy (non-hydrogen) atoms. The van der Waals surface area contributed by atoms with Gasteiger partial charge in [0.2, 0.25) is 0 Å². The standard InChI is InChI=1S/C21H19ClN2O2/c22-17-7-4-8-18(15-17)23-10-12-24(13-11-23)21(25)20-19(9-14-26-20)16-5-2-1-3-6-16/h1-9,14-15H,10-13H2. The van der Waals surface area contributed by atoms with Crippen LogP contribution in [0, 0.1) is 0 Å². The van der Waals surface area contributed by atoms with E-state index in [9.17, 15) is 4.79 Å². The van der Waals surface area contributed by atoms with Crippen LogP contribution in [-0.2, 0) is 0 Å². The SMILES string of the molecule is O=C(c1occc1-c1ccccc1)N1CCN(c2cccc(Cl)c2)CC1. The third-order valence-corrected chi connectivity index (χ3v) is 4.92. The maximum atomic E-state index is 12.9.